The Bertz CT molecular complexity index is 1020. The summed E-state index contributed by atoms with van der Waals surface area (Å²) in [6, 6.07) is 9.95. The molecule has 0 spiro atoms. The van der Waals surface area contributed by atoms with Crippen LogP contribution >= 0.6 is 0 Å². The maximum absolute atomic E-state index is 13.1. The summed E-state index contributed by atoms with van der Waals surface area (Å²) in [5.74, 6) is -2.68. The fourth-order valence-corrected chi connectivity index (χ4v) is 2.60. The first kappa shape index (κ1) is 19.0. The smallest absolute Gasteiger partial charge is 0.331 e. The van der Waals surface area contributed by atoms with Crippen LogP contribution in [0.1, 0.15) is 26.3 Å². The van der Waals surface area contributed by atoms with E-state index in [0.717, 1.165) is 11.0 Å². The van der Waals surface area contributed by atoms with E-state index < -0.39 is 36.1 Å². The Morgan fingerprint density at radius 2 is 1.86 bits per heavy atom. The average Bonchev–Trinajstić information content (AvgIpc) is 2.89. The highest BCUT2D eigenvalue weighted by Gasteiger charge is 2.32. The molecule has 0 fully saturated rings. The normalized spacial score (nSPS) is 13.0. The van der Waals surface area contributed by atoms with Crippen LogP contribution in [0.5, 0.6) is 0 Å². The number of halogens is 1. The van der Waals surface area contributed by atoms with Gasteiger partial charge in [0.05, 0.1) is 11.1 Å². The molecule has 0 bridgehead atoms. The monoisotopic (exact) mass is 382 g/mol. The van der Waals surface area contributed by atoms with E-state index in [2.05, 4.69) is 5.32 Å². The topological polar surface area (TPSA) is 92.8 Å². The molecule has 3 rings (SSSR count). The number of anilines is 1. The molecule has 2 aromatic rings. The van der Waals surface area contributed by atoms with Crippen molar-refractivity contribution >= 4 is 35.5 Å². The number of hydrogen-bond donors (Lipinski definition) is 1. The van der Waals surface area contributed by atoms with Crippen molar-refractivity contribution in [1.29, 1.82) is 0 Å². The van der Waals surface area contributed by atoms with Crippen molar-refractivity contribution in [2.75, 3.05) is 19.0 Å². The molecule has 0 unspecified atom stereocenters. The van der Waals surface area contributed by atoms with Crippen molar-refractivity contribution in [3.05, 3.63) is 71.0 Å². The van der Waals surface area contributed by atoms with Gasteiger partial charge in [0.2, 0.25) is 0 Å². The predicted molar refractivity (Wildman–Crippen MR) is 97.9 cm³/mol. The summed E-state index contributed by atoms with van der Waals surface area (Å²) in [4.78, 5) is 48.4. The van der Waals surface area contributed by atoms with Crippen molar-refractivity contribution in [1.82, 2.24) is 4.90 Å². The molecule has 28 heavy (non-hydrogen) atoms. The third-order valence-electron chi connectivity index (χ3n) is 3.98. The van der Waals surface area contributed by atoms with Crippen LogP contribution in [0.3, 0.4) is 0 Å². The lowest BCUT2D eigenvalue weighted by molar-refractivity contribution is -0.142. The number of nitrogens with one attached hydrogen (secondary N) is 1. The lowest BCUT2D eigenvalue weighted by atomic mass is 10.1. The third kappa shape index (κ3) is 4.12. The molecule has 1 heterocycles. The molecule has 1 aliphatic heterocycles. The Kier molecular flexibility index (Phi) is 5.30. The van der Waals surface area contributed by atoms with E-state index in [1.165, 1.54) is 49.5 Å². The average molecular weight is 382 g/mol. The van der Waals surface area contributed by atoms with Crippen molar-refractivity contribution in [2.45, 2.75) is 0 Å². The maximum Gasteiger partial charge on any atom is 0.331 e. The number of imide groups is 1. The first-order valence-electron chi connectivity index (χ1n) is 8.22. The summed E-state index contributed by atoms with van der Waals surface area (Å²) in [7, 11) is 1.37. The van der Waals surface area contributed by atoms with Crippen LogP contribution in [-0.4, -0.2) is 42.2 Å². The number of fused-ring (bicyclic) bond motifs is 1. The van der Waals surface area contributed by atoms with Crippen molar-refractivity contribution < 1.29 is 28.3 Å². The lowest BCUT2D eigenvalue weighted by Gasteiger charge is -2.06. The molecule has 1 N–H and O–H groups in total. The number of esters is 1. The molecule has 0 saturated heterocycles. The molecular formula is C20H15FN2O5. The van der Waals surface area contributed by atoms with Crippen LogP contribution in [0, 0.1) is 5.82 Å². The van der Waals surface area contributed by atoms with Gasteiger partial charge in [0.15, 0.2) is 6.61 Å². The van der Waals surface area contributed by atoms with Crippen LogP contribution in [0.15, 0.2) is 48.5 Å². The van der Waals surface area contributed by atoms with Gasteiger partial charge in [-0.15, -0.1) is 0 Å². The maximum atomic E-state index is 13.1. The highest BCUT2D eigenvalue weighted by atomic mass is 19.1. The fraction of sp³-hybridized carbons (Fsp3) is 0.100. The first-order chi connectivity index (χ1) is 13.3. The predicted octanol–water partition coefficient (Wildman–Crippen LogP) is 2.25. The molecule has 142 valence electrons. The second kappa shape index (κ2) is 7.83. The van der Waals surface area contributed by atoms with Gasteiger partial charge in [-0.25, -0.2) is 9.18 Å². The molecule has 0 radical (unpaired) electrons. The van der Waals surface area contributed by atoms with Crippen molar-refractivity contribution in [3.63, 3.8) is 0 Å². The molecular weight excluding hydrogens is 367 g/mol. The van der Waals surface area contributed by atoms with E-state index in [9.17, 15) is 23.6 Å². The summed E-state index contributed by atoms with van der Waals surface area (Å²) in [5, 5.41) is 2.49. The second-order valence-corrected chi connectivity index (χ2v) is 5.97. The van der Waals surface area contributed by atoms with E-state index in [-0.39, 0.29) is 11.1 Å². The first-order valence-corrected chi connectivity index (χ1v) is 8.22. The fourth-order valence-electron chi connectivity index (χ4n) is 2.60. The van der Waals surface area contributed by atoms with Gasteiger partial charge >= 0.3 is 5.97 Å². The van der Waals surface area contributed by atoms with Gasteiger partial charge in [-0.3, -0.25) is 19.3 Å². The standard InChI is InChI=1S/C20H15FN2O5/c1-23-19(26)15-7-6-14(10-16(15)20(23)27)22-17(24)11-28-18(25)8-5-12-3-2-4-13(21)9-12/h2-10H,11H2,1H3,(H,22,24)/b8-5+. The molecule has 3 amide bonds. The minimum Gasteiger partial charge on any atom is -0.452 e. The summed E-state index contributed by atoms with van der Waals surface area (Å²) >= 11 is 0. The number of nitrogens with zero attached hydrogens (tertiary/aromatic N) is 1. The quantitative estimate of drug-likeness (QED) is 0.486. The molecule has 0 aromatic heterocycles. The Morgan fingerprint density at radius 1 is 1.11 bits per heavy atom. The van der Waals surface area contributed by atoms with E-state index in [4.69, 9.17) is 4.74 Å². The molecule has 7 nitrogen and oxygen atoms in total. The molecule has 0 atom stereocenters. The van der Waals surface area contributed by atoms with Gasteiger partial charge in [-0.2, -0.15) is 0 Å². The van der Waals surface area contributed by atoms with Gasteiger partial charge in [0.1, 0.15) is 5.82 Å². The molecule has 0 aliphatic carbocycles. The van der Waals surface area contributed by atoms with Crippen LogP contribution < -0.4 is 5.32 Å². The van der Waals surface area contributed by atoms with E-state index in [1.807, 2.05) is 0 Å². The SMILES string of the molecule is CN1C(=O)c2ccc(NC(=O)COC(=O)/C=C/c3cccc(F)c3)cc2C1=O. The number of rotatable bonds is 5. The number of ether oxygens (including phenoxy) is 1. The molecule has 8 heteroatoms. The van der Waals surface area contributed by atoms with Gasteiger partial charge in [0.25, 0.3) is 17.7 Å². The summed E-state index contributed by atoms with van der Waals surface area (Å²) in [6.07, 6.45) is 2.44. The minimum absolute atomic E-state index is 0.195. The lowest BCUT2D eigenvalue weighted by Crippen LogP contribution is -2.24. The Hall–Kier alpha value is -3.81. The van der Waals surface area contributed by atoms with Gasteiger partial charge in [0, 0.05) is 18.8 Å². The highest BCUT2D eigenvalue weighted by Crippen LogP contribution is 2.24. The van der Waals surface area contributed by atoms with E-state index in [0.29, 0.717) is 11.3 Å². The number of amides is 3. The second-order valence-electron chi connectivity index (χ2n) is 5.97. The van der Waals surface area contributed by atoms with Crippen molar-refractivity contribution in [2.24, 2.45) is 0 Å². The van der Waals surface area contributed by atoms with Crippen LogP contribution in [0.2, 0.25) is 0 Å². The Labute approximate surface area is 159 Å². The number of carbonyl (C=O) groups is 4. The highest BCUT2D eigenvalue weighted by molar-refractivity contribution is 6.21. The zero-order valence-corrected chi connectivity index (χ0v) is 14.8. The van der Waals surface area contributed by atoms with Gasteiger partial charge < -0.3 is 10.1 Å². The Morgan fingerprint density at radius 3 is 2.61 bits per heavy atom. The molecule has 0 saturated carbocycles. The Balaban J connectivity index is 1.54. The minimum atomic E-state index is -0.768. The van der Waals surface area contributed by atoms with Crippen LogP contribution in [0.4, 0.5) is 10.1 Å². The number of hydrogen-bond acceptors (Lipinski definition) is 5. The molecule has 1 aliphatic rings. The molecule has 2 aromatic carbocycles. The van der Waals surface area contributed by atoms with Crippen LogP contribution in [0.25, 0.3) is 6.08 Å². The van der Waals surface area contributed by atoms with Crippen molar-refractivity contribution in [3.8, 4) is 0 Å². The van der Waals surface area contributed by atoms with Gasteiger partial charge in [-0.05, 0) is 42.0 Å². The summed E-state index contributed by atoms with van der Waals surface area (Å²) < 4.78 is 17.9. The largest absolute Gasteiger partial charge is 0.452 e. The third-order valence-corrected chi connectivity index (χ3v) is 3.98. The summed E-state index contributed by atoms with van der Waals surface area (Å²) in [5.41, 5.74) is 1.23. The van der Waals surface area contributed by atoms with Crippen LogP contribution in [-0.2, 0) is 14.3 Å². The van der Waals surface area contributed by atoms with E-state index >= 15 is 0 Å². The van der Waals surface area contributed by atoms with Gasteiger partial charge in [-0.1, -0.05) is 12.1 Å². The number of benzene rings is 2. The number of carbonyl (C=O) groups excluding carboxylic acids is 4. The zero-order valence-electron chi connectivity index (χ0n) is 14.8. The van der Waals surface area contributed by atoms with E-state index in [1.54, 1.807) is 6.07 Å². The zero-order chi connectivity index (χ0) is 20.3. The summed E-state index contributed by atoms with van der Waals surface area (Å²) in [6.45, 7) is -0.545.